The van der Waals surface area contributed by atoms with E-state index in [1.807, 2.05) is 54.8 Å². The summed E-state index contributed by atoms with van der Waals surface area (Å²) in [5.74, 6) is -1.12. The van der Waals surface area contributed by atoms with Gasteiger partial charge in [0.2, 0.25) is 0 Å². The number of aromatic nitrogens is 1. The van der Waals surface area contributed by atoms with Crippen molar-refractivity contribution in [2.75, 3.05) is 0 Å². The summed E-state index contributed by atoms with van der Waals surface area (Å²) in [4.78, 5) is 28.8. The number of nitrogens with one attached hydrogen (secondary N) is 1. The molecule has 0 spiro atoms. The Labute approximate surface area is 190 Å². The number of carbonyl (C=O) groups excluding carboxylic acids is 1. The maximum atomic E-state index is 12.5. The lowest BCUT2D eigenvalue weighted by molar-refractivity contribution is -0.115. The van der Waals surface area contributed by atoms with Gasteiger partial charge in [-0.3, -0.25) is 4.79 Å². The summed E-state index contributed by atoms with van der Waals surface area (Å²) in [6.07, 6.45) is 2.84. The minimum atomic E-state index is -0.953. The van der Waals surface area contributed by atoms with Gasteiger partial charge in [0.05, 0.1) is 16.2 Å². The average molecular weight is 446 g/mol. The highest BCUT2D eigenvalue weighted by molar-refractivity contribution is 8.18. The molecule has 1 fully saturated rings. The molecule has 1 aliphatic rings. The molecule has 3 aromatic rings. The molecule has 0 aliphatic carbocycles. The van der Waals surface area contributed by atoms with E-state index in [-0.39, 0.29) is 11.5 Å². The predicted octanol–water partition coefficient (Wildman–Crippen LogP) is 5.25. The Bertz CT molecular complexity index is 1250. The number of benzene rings is 2. The van der Waals surface area contributed by atoms with Gasteiger partial charge in [0.25, 0.3) is 5.91 Å². The Kier molecular flexibility index (Phi) is 6.01. The third-order valence-corrected chi connectivity index (χ3v) is 6.27. The van der Waals surface area contributed by atoms with Crippen LogP contribution in [0.4, 0.5) is 5.69 Å². The van der Waals surface area contributed by atoms with Crippen LogP contribution in [0.25, 0.3) is 11.8 Å². The van der Waals surface area contributed by atoms with Crippen molar-refractivity contribution in [1.82, 2.24) is 9.88 Å². The van der Waals surface area contributed by atoms with Gasteiger partial charge in [-0.2, -0.15) is 0 Å². The van der Waals surface area contributed by atoms with Crippen molar-refractivity contribution in [3.63, 3.8) is 0 Å². The van der Waals surface area contributed by atoms with Gasteiger partial charge in [-0.1, -0.05) is 19.1 Å². The molecular weight excluding hydrogens is 422 g/mol. The summed E-state index contributed by atoms with van der Waals surface area (Å²) in [5.41, 5.74) is 6.04. The molecule has 1 aliphatic heterocycles. The van der Waals surface area contributed by atoms with Crippen LogP contribution >= 0.6 is 11.8 Å². The van der Waals surface area contributed by atoms with Gasteiger partial charge in [0, 0.05) is 17.1 Å². The molecule has 0 radical (unpaired) electrons. The Morgan fingerprint density at radius 3 is 2.44 bits per heavy atom. The number of hydrogen-bond donors (Lipinski definition) is 2. The first kappa shape index (κ1) is 21.6. The summed E-state index contributed by atoms with van der Waals surface area (Å²) in [6.45, 7) is 6.06. The molecule has 0 bridgehead atoms. The van der Waals surface area contributed by atoms with E-state index in [1.54, 1.807) is 24.3 Å². The Morgan fingerprint density at radius 1 is 1.12 bits per heavy atom. The van der Waals surface area contributed by atoms with E-state index in [4.69, 9.17) is 5.11 Å². The number of carboxylic acid groups (broad SMARTS) is 1. The lowest BCUT2D eigenvalue weighted by Gasteiger charge is -2.10. The van der Waals surface area contributed by atoms with E-state index in [9.17, 15) is 9.59 Å². The highest BCUT2D eigenvalue weighted by Crippen LogP contribution is 2.30. The third-order valence-electron chi connectivity index (χ3n) is 5.36. The largest absolute Gasteiger partial charge is 0.478 e. The number of thioether (sulfide) groups is 1. The standard InChI is InChI=1S/C25H23N3O3S/c1-4-17-5-9-20(10-6-17)26-25-27-23(29)22(32-25)14-19-13-15(2)28(16(19)3)21-11-7-18(8-12-21)24(30)31/h5-14H,4H2,1-3H3,(H,30,31)(H,26,27,29)/b22-14-. The van der Waals surface area contributed by atoms with Crippen LogP contribution in [0, 0.1) is 13.8 Å². The molecule has 6 nitrogen and oxygen atoms in total. The fourth-order valence-corrected chi connectivity index (χ4v) is 4.46. The van der Waals surface area contributed by atoms with Crippen molar-refractivity contribution >= 4 is 40.6 Å². The first-order valence-corrected chi connectivity index (χ1v) is 11.1. The topological polar surface area (TPSA) is 83.7 Å². The average Bonchev–Trinajstić information content (AvgIpc) is 3.26. The van der Waals surface area contributed by atoms with Gasteiger partial charge in [-0.05, 0) is 91.7 Å². The number of nitrogens with zero attached hydrogens (tertiary/aromatic N) is 2. The van der Waals surface area contributed by atoms with Crippen LogP contribution in [0.1, 0.15) is 39.8 Å². The normalized spacial score (nSPS) is 16.0. The lowest BCUT2D eigenvalue weighted by Crippen LogP contribution is -2.19. The predicted molar refractivity (Wildman–Crippen MR) is 129 cm³/mol. The number of hydrogen-bond acceptors (Lipinski definition) is 4. The monoisotopic (exact) mass is 445 g/mol. The van der Waals surface area contributed by atoms with E-state index in [1.165, 1.54) is 17.3 Å². The van der Waals surface area contributed by atoms with Gasteiger partial charge in [-0.25, -0.2) is 9.79 Å². The van der Waals surface area contributed by atoms with E-state index >= 15 is 0 Å². The Morgan fingerprint density at radius 2 is 1.81 bits per heavy atom. The molecule has 0 saturated carbocycles. The van der Waals surface area contributed by atoms with Crippen molar-refractivity contribution in [2.24, 2.45) is 4.99 Å². The van der Waals surface area contributed by atoms with Crippen LogP contribution in [0.15, 0.2) is 64.5 Å². The number of aromatic carboxylic acids is 1. The van der Waals surface area contributed by atoms with E-state index in [2.05, 4.69) is 17.2 Å². The van der Waals surface area contributed by atoms with E-state index < -0.39 is 5.97 Å². The third kappa shape index (κ3) is 4.38. The molecule has 32 heavy (non-hydrogen) atoms. The number of aryl methyl sites for hydroxylation is 2. The molecule has 4 rings (SSSR count). The van der Waals surface area contributed by atoms with Crippen molar-refractivity contribution in [3.8, 4) is 5.69 Å². The molecule has 0 atom stereocenters. The van der Waals surface area contributed by atoms with Gasteiger partial charge < -0.3 is 15.0 Å². The van der Waals surface area contributed by atoms with Crippen LogP contribution < -0.4 is 5.32 Å². The van der Waals surface area contributed by atoms with Crippen molar-refractivity contribution in [2.45, 2.75) is 27.2 Å². The number of aliphatic imine (C=N–C) groups is 1. The van der Waals surface area contributed by atoms with Crippen LogP contribution in [0.2, 0.25) is 0 Å². The summed E-state index contributed by atoms with van der Waals surface area (Å²) in [6, 6.07) is 16.7. The fraction of sp³-hybridized carbons (Fsp3) is 0.160. The zero-order valence-corrected chi connectivity index (χ0v) is 18.9. The zero-order chi connectivity index (χ0) is 22.8. The Balaban J connectivity index is 1.60. The summed E-state index contributed by atoms with van der Waals surface area (Å²) in [7, 11) is 0. The lowest BCUT2D eigenvalue weighted by atomic mass is 10.2. The quantitative estimate of drug-likeness (QED) is 0.526. The maximum absolute atomic E-state index is 12.5. The summed E-state index contributed by atoms with van der Waals surface area (Å²) >= 11 is 1.32. The molecule has 7 heteroatoms. The van der Waals surface area contributed by atoms with Gasteiger partial charge in [0.1, 0.15) is 0 Å². The smallest absolute Gasteiger partial charge is 0.335 e. The van der Waals surface area contributed by atoms with Gasteiger partial charge in [-0.15, -0.1) is 0 Å². The molecule has 1 aromatic heterocycles. The maximum Gasteiger partial charge on any atom is 0.335 e. The van der Waals surface area contributed by atoms with Crippen LogP contribution in [-0.2, 0) is 11.2 Å². The molecule has 2 heterocycles. The van der Waals surface area contributed by atoms with Crippen LogP contribution in [0.5, 0.6) is 0 Å². The second kappa shape index (κ2) is 8.88. The fourth-order valence-electron chi connectivity index (χ4n) is 3.63. The number of carboxylic acids is 1. The number of carbonyl (C=O) groups is 2. The summed E-state index contributed by atoms with van der Waals surface area (Å²) in [5, 5.41) is 12.5. The first-order valence-electron chi connectivity index (χ1n) is 10.3. The number of amidine groups is 1. The number of amides is 1. The SMILES string of the molecule is CCc1ccc(N=C2NC(=O)/C(=C/c3cc(C)n(-c4ccc(C(=O)O)cc4)c3C)S2)cc1. The van der Waals surface area contributed by atoms with E-state index in [0.717, 1.165) is 34.7 Å². The summed E-state index contributed by atoms with van der Waals surface area (Å²) < 4.78 is 2.04. The van der Waals surface area contributed by atoms with Crippen LogP contribution in [-0.4, -0.2) is 26.7 Å². The highest BCUT2D eigenvalue weighted by Gasteiger charge is 2.24. The minimum absolute atomic E-state index is 0.172. The van der Waals surface area contributed by atoms with Gasteiger partial charge >= 0.3 is 5.97 Å². The van der Waals surface area contributed by atoms with E-state index in [0.29, 0.717) is 10.1 Å². The van der Waals surface area contributed by atoms with Gasteiger partial charge in [0.15, 0.2) is 5.17 Å². The highest BCUT2D eigenvalue weighted by atomic mass is 32.2. The van der Waals surface area contributed by atoms with Crippen molar-refractivity contribution in [1.29, 1.82) is 0 Å². The molecular formula is C25H23N3O3S. The second-order valence-corrected chi connectivity index (χ2v) is 8.55. The van der Waals surface area contributed by atoms with Crippen molar-refractivity contribution in [3.05, 3.63) is 87.6 Å². The molecule has 0 unspecified atom stereocenters. The molecule has 1 saturated heterocycles. The minimum Gasteiger partial charge on any atom is -0.478 e. The van der Waals surface area contributed by atoms with Crippen LogP contribution in [0.3, 0.4) is 0 Å². The van der Waals surface area contributed by atoms with Crippen molar-refractivity contribution < 1.29 is 14.7 Å². The zero-order valence-electron chi connectivity index (χ0n) is 18.0. The molecule has 2 N–H and O–H groups in total. The number of rotatable bonds is 5. The Hall–Kier alpha value is -3.58. The molecule has 1 amide bonds. The second-order valence-electron chi connectivity index (χ2n) is 7.52. The first-order chi connectivity index (χ1) is 15.4. The molecule has 162 valence electrons. The molecule has 2 aromatic carbocycles.